The van der Waals surface area contributed by atoms with Crippen molar-refractivity contribution in [2.75, 3.05) is 6.54 Å². The number of aromatic nitrogens is 3. The topological polar surface area (TPSA) is 51.0 Å². The summed E-state index contributed by atoms with van der Waals surface area (Å²) in [6.07, 6.45) is 7.52. The molecule has 4 rings (SSSR count). The number of carbonyl (C=O) groups is 1. The van der Waals surface area contributed by atoms with Gasteiger partial charge in [0.05, 0.1) is 0 Å². The number of benzene rings is 2. The third-order valence-corrected chi connectivity index (χ3v) is 5.08. The van der Waals surface area contributed by atoms with E-state index in [2.05, 4.69) is 39.4 Å². The van der Waals surface area contributed by atoms with E-state index in [-0.39, 0.29) is 5.91 Å². The van der Waals surface area contributed by atoms with E-state index in [4.69, 9.17) is 0 Å². The Morgan fingerprint density at radius 1 is 1.00 bits per heavy atom. The summed E-state index contributed by atoms with van der Waals surface area (Å²) < 4.78 is 1.83. The van der Waals surface area contributed by atoms with Gasteiger partial charge in [0, 0.05) is 23.8 Å². The normalized spacial score (nSPS) is 16.8. The Balaban J connectivity index is 1.43. The number of likely N-dealkylation sites (tertiary alicyclic amines) is 1. The van der Waals surface area contributed by atoms with Gasteiger partial charge in [0.1, 0.15) is 12.7 Å². The monoisotopic (exact) mass is 346 g/mol. The molecule has 1 aromatic heterocycles. The average Bonchev–Trinajstić information content (AvgIpc) is 3.39. The molecule has 0 saturated carbocycles. The van der Waals surface area contributed by atoms with Gasteiger partial charge in [-0.3, -0.25) is 9.36 Å². The molecular formula is C21H22N4O. The molecular weight excluding hydrogens is 324 g/mol. The minimum Gasteiger partial charge on any atom is -0.336 e. The van der Waals surface area contributed by atoms with Crippen LogP contribution in [-0.4, -0.2) is 38.2 Å². The molecule has 5 nitrogen and oxygen atoms in total. The highest BCUT2D eigenvalue weighted by molar-refractivity contribution is 5.94. The fraction of sp³-hybridized carbons (Fsp3) is 0.286. The quantitative estimate of drug-likeness (QED) is 0.710. The van der Waals surface area contributed by atoms with Gasteiger partial charge in [-0.15, -0.1) is 10.2 Å². The second-order valence-corrected chi connectivity index (χ2v) is 6.73. The van der Waals surface area contributed by atoms with E-state index in [0.717, 1.165) is 43.5 Å². The van der Waals surface area contributed by atoms with Crippen molar-refractivity contribution >= 4 is 5.91 Å². The first-order valence-electron chi connectivity index (χ1n) is 9.11. The van der Waals surface area contributed by atoms with Crippen molar-refractivity contribution in [3.63, 3.8) is 0 Å². The molecule has 1 amide bonds. The van der Waals surface area contributed by atoms with Gasteiger partial charge in [-0.05, 0) is 55.5 Å². The first-order valence-corrected chi connectivity index (χ1v) is 9.11. The van der Waals surface area contributed by atoms with Crippen molar-refractivity contribution in [1.82, 2.24) is 19.7 Å². The van der Waals surface area contributed by atoms with Crippen molar-refractivity contribution in [2.24, 2.45) is 0 Å². The fourth-order valence-electron chi connectivity index (χ4n) is 3.66. The van der Waals surface area contributed by atoms with Gasteiger partial charge in [0.2, 0.25) is 0 Å². The second kappa shape index (κ2) is 7.52. The summed E-state index contributed by atoms with van der Waals surface area (Å²) in [5.41, 5.74) is 3.03. The van der Waals surface area contributed by atoms with Gasteiger partial charge >= 0.3 is 0 Å². The van der Waals surface area contributed by atoms with Gasteiger partial charge in [0.15, 0.2) is 0 Å². The number of hydrogen-bond acceptors (Lipinski definition) is 3. The van der Waals surface area contributed by atoms with Crippen molar-refractivity contribution in [3.8, 4) is 5.69 Å². The highest BCUT2D eigenvalue weighted by Gasteiger charge is 2.29. The van der Waals surface area contributed by atoms with Crippen LogP contribution in [0.4, 0.5) is 0 Å². The van der Waals surface area contributed by atoms with Crippen LogP contribution in [-0.2, 0) is 6.42 Å². The van der Waals surface area contributed by atoms with Crippen molar-refractivity contribution in [1.29, 1.82) is 0 Å². The third-order valence-electron chi connectivity index (χ3n) is 5.08. The number of carbonyl (C=O) groups excluding carboxylic acids is 1. The molecule has 5 heteroatoms. The van der Waals surface area contributed by atoms with E-state index >= 15 is 0 Å². The number of aryl methyl sites for hydroxylation is 1. The molecule has 1 saturated heterocycles. The molecule has 0 spiro atoms. The molecule has 1 unspecified atom stereocenters. The van der Waals surface area contributed by atoms with Crippen LogP contribution in [0.5, 0.6) is 0 Å². The molecule has 1 fully saturated rings. The van der Waals surface area contributed by atoms with E-state index in [1.165, 1.54) is 5.56 Å². The van der Waals surface area contributed by atoms with Gasteiger partial charge in [-0.2, -0.15) is 0 Å². The maximum atomic E-state index is 13.0. The van der Waals surface area contributed by atoms with Gasteiger partial charge in [-0.25, -0.2) is 0 Å². The lowest BCUT2D eigenvalue weighted by Gasteiger charge is -2.25. The maximum absolute atomic E-state index is 13.0. The first-order chi connectivity index (χ1) is 12.8. The number of amides is 1. The molecule has 0 bridgehead atoms. The Kier molecular flexibility index (Phi) is 4.78. The van der Waals surface area contributed by atoms with E-state index < -0.39 is 0 Å². The van der Waals surface area contributed by atoms with Crippen LogP contribution in [0.3, 0.4) is 0 Å². The van der Waals surface area contributed by atoms with E-state index in [1.54, 1.807) is 12.7 Å². The fourth-order valence-corrected chi connectivity index (χ4v) is 3.66. The number of rotatable bonds is 5. The zero-order valence-corrected chi connectivity index (χ0v) is 14.7. The first kappa shape index (κ1) is 16.5. The van der Waals surface area contributed by atoms with Crippen LogP contribution in [0.1, 0.15) is 35.2 Å². The van der Waals surface area contributed by atoms with E-state index in [1.807, 2.05) is 34.9 Å². The summed E-state index contributed by atoms with van der Waals surface area (Å²) in [6.45, 7) is 0.853. The Morgan fingerprint density at radius 3 is 2.46 bits per heavy atom. The van der Waals surface area contributed by atoms with Crippen LogP contribution in [0, 0.1) is 0 Å². The Hall–Kier alpha value is -2.95. The molecule has 26 heavy (non-hydrogen) atoms. The largest absolute Gasteiger partial charge is 0.336 e. The molecule has 1 aliphatic heterocycles. The molecule has 1 atom stereocenters. The smallest absolute Gasteiger partial charge is 0.254 e. The summed E-state index contributed by atoms with van der Waals surface area (Å²) in [4.78, 5) is 15.0. The Bertz CT molecular complexity index is 843. The van der Waals surface area contributed by atoms with E-state index in [9.17, 15) is 4.79 Å². The molecule has 0 N–H and O–H groups in total. The van der Waals surface area contributed by atoms with Crippen LogP contribution in [0.2, 0.25) is 0 Å². The highest BCUT2D eigenvalue weighted by atomic mass is 16.2. The minimum atomic E-state index is 0.135. The summed E-state index contributed by atoms with van der Waals surface area (Å²) in [5, 5.41) is 7.62. The minimum absolute atomic E-state index is 0.135. The maximum Gasteiger partial charge on any atom is 0.254 e. The molecule has 2 aromatic carbocycles. The van der Waals surface area contributed by atoms with Gasteiger partial charge in [0.25, 0.3) is 5.91 Å². The highest BCUT2D eigenvalue weighted by Crippen LogP contribution is 2.24. The molecule has 0 radical (unpaired) electrons. The van der Waals surface area contributed by atoms with Crippen LogP contribution in [0.25, 0.3) is 5.69 Å². The lowest BCUT2D eigenvalue weighted by molar-refractivity contribution is 0.0730. The molecule has 2 heterocycles. The second-order valence-electron chi connectivity index (χ2n) is 6.73. The average molecular weight is 346 g/mol. The van der Waals surface area contributed by atoms with Crippen LogP contribution >= 0.6 is 0 Å². The molecule has 132 valence electrons. The molecule has 3 aromatic rings. The SMILES string of the molecule is O=C(c1ccc(-n2cnnc2)cc1)N1CCCC1CCc1ccccc1. The Labute approximate surface area is 153 Å². The third kappa shape index (κ3) is 3.52. The van der Waals surface area contributed by atoms with Gasteiger partial charge < -0.3 is 4.90 Å². The Morgan fingerprint density at radius 2 is 1.73 bits per heavy atom. The summed E-state index contributed by atoms with van der Waals surface area (Å²) in [5.74, 6) is 0.135. The lowest BCUT2D eigenvalue weighted by Crippen LogP contribution is -2.35. The zero-order chi connectivity index (χ0) is 17.8. The van der Waals surface area contributed by atoms with Crippen molar-refractivity contribution in [3.05, 3.63) is 78.4 Å². The summed E-state index contributed by atoms with van der Waals surface area (Å²) >= 11 is 0. The number of nitrogens with zero attached hydrogens (tertiary/aromatic N) is 4. The summed E-state index contributed by atoms with van der Waals surface area (Å²) in [6, 6.07) is 18.5. The summed E-state index contributed by atoms with van der Waals surface area (Å²) in [7, 11) is 0. The van der Waals surface area contributed by atoms with Crippen LogP contribution < -0.4 is 0 Å². The standard InChI is InChI=1S/C21H22N4O/c26-21(18-9-12-19(13-10-18)24-15-22-23-16-24)25-14-4-7-20(25)11-8-17-5-2-1-3-6-17/h1-3,5-6,9-10,12-13,15-16,20H,4,7-8,11,14H2. The van der Waals surface area contributed by atoms with Gasteiger partial charge in [-0.1, -0.05) is 30.3 Å². The number of hydrogen-bond donors (Lipinski definition) is 0. The molecule has 0 aliphatic carbocycles. The lowest BCUT2D eigenvalue weighted by atomic mass is 10.0. The van der Waals surface area contributed by atoms with E-state index in [0.29, 0.717) is 6.04 Å². The molecule has 1 aliphatic rings. The predicted molar refractivity (Wildman–Crippen MR) is 100 cm³/mol. The van der Waals surface area contributed by atoms with Crippen LogP contribution in [0.15, 0.2) is 67.3 Å². The zero-order valence-electron chi connectivity index (χ0n) is 14.7. The predicted octanol–water partition coefficient (Wildman–Crippen LogP) is 3.50. The van der Waals surface area contributed by atoms with Crippen molar-refractivity contribution in [2.45, 2.75) is 31.7 Å². The van der Waals surface area contributed by atoms with Crippen molar-refractivity contribution < 1.29 is 4.79 Å².